The molecule has 26 heavy (non-hydrogen) atoms. The normalized spacial score (nSPS) is 20.8. The summed E-state index contributed by atoms with van der Waals surface area (Å²) in [5.41, 5.74) is 0.769. The van der Waals surface area contributed by atoms with E-state index in [1.807, 2.05) is 13.8 Å². The van der Waals surface area contributed by atoms with Crippen molar-refractivity contribution in [2.75, 3.05) is 13.2 Å². The molecule has 1 saturated heterocycles. The predicted molar refractivity (Wildman–Crippen MR) is 100.0 cm³/mol. The molecule has 0 saturated carbocycles. The van der Waals surface area contributed by atoms with Gasteiger partial charge in [-0.15, -0.1) is 0 Å². The van der Waals surface area contributed by atoms with E-state index in [4.69, 9.17) is 16.3 Å². The summed E-state index contributed by atoms with van der Waals surface area (Å²) in [6.07, 6.45) is -0.427. The zero-order chi connectivity index (χ0) is 18.9. The van der Waals surface area contributed by atoms with Crippen molar-refractivity contribution in [1.29, 1.82) is 0 Å². The fourth-order valence-corrected chi connectivity index (χ4v) is 5.13. The number of benzene rings is 2. The molecule has 7 heteroatoms. The molecule has 1 heterocycles. The lowest BCUT2D eigenvalue weighted by Gasteiger charge is -2.44. The van der Waals surface area contributed by atoms with Crippen molar-refractivity contribution in [2.24, 2.45) is 0 Å². The van der Waals surface area contributed by atoms with E-state index in [9.17, 15) is 12.8 Å². The van der Waals surface area contributed by atoms with Crippen molar-refractivity contribution in [3.63, 3.8) is 0 Å². The summed E-state index contributed by atoms with van der Waals surface area (Å²) >= 11 is 5.87. The van der Waals surface area contributed by atoms with Crippen LogP contribution in [0.15, 0.2) is 48.5 Å². The molecule has 1 aliphatic heterocycles. The standard InChI is InChI=1S/C19H21ClFNO3S/c1-19(2)13-25-18(15-5-9-17(21)10-6-15)11-22(19)26(23,24)12-14-3-7-16(20)8-4-14/h3-10,18H,11-13H2,1-2H3. The number of halogens is 2. The van der Waals surface area contributed by atoms with Crippen LogP contribution >= 0.6 is 11.6 Å². The molecule has 140 valence electrons. The van der Waals surface area contributed by atoms with Gasteiger partial charge < -0.3 is 4.74 Å². The van der Waals surface area contributed by atoms with Crippen LogP contribution in [0, 0.1) is 5.82 Å². The molecule has 1 unspecified atom stereocenters. The summed E-state index contributed by atoms with van der Waals surface area (Å²) in [6, 6.07) is 12.7. The first-order valence-electron chi connectivity index (χ1n) is 8.29. The molecule has 1 atom stereocenters. The summed E-state index contributed by atoms with van der Waals surface area (Å²) in [7, 11) is -3.57. The maximum absolute atomic E-state index is 13.2. The van der Waals surface area contributed by atoms with Gasteiger partial charge in [0.05, 0.1) is 24.0 Å². The van der Waals surface area contributed by atoms with Crippen LogP contribution in [0.25, 0.3) is 0 Å². The minimum Gasteiger partial charge on any atom is -0.370 e. The van der Waals surface area contributed by atoms with Crippen LogP contribution in [0.4, 0.5) is 4.39 Å². The van der Waals surface area contributed by atoms with Gasteiger partial charge in [-0.2, -0.15) is 4.31 Å². The largest absolute Gasteiger partial charge is 0.370 e. The predicted octanol–water partition coefficient (Wildman–Crippen LogP) is 4.16. The molecule has 2 aromatic carbocycles. The Balaban J connectivity index is 1.84. The van der Waals surface area contributed by atoms with E-state index < -0.39 is 21.7 Å². The molecular formula is C19H21ClFNO3S. The van der Waals surface area contributed by atoms with Crippen LogP contribution < -0.4 is 0 Å². The quantitative estimate of drug-likeness (QED) is 0.778. The van der Waals surface area contributed by atoms with E-state index in [2.05, 4.69) is 0 Å². The summed E-state index contributed by atoms with van der Waals surface area (Å²) in [4.78, 5) is 0. The van der Waals surface area contributed by atoms with Crippen molar-refractivity contribution in [1.82, 2.24) is 4.31 Å². The Kier molecular flexibility index (Phi) is 5.40. The minimum atomic E-state index is -3.57. The molecule has 0 bridgehead atoms. The maximum Gasteiger partial charge on any atom is 0.218 e. The lowest BCUT2D eigenvalue weighted by atomic mass is 10.0. The monoisotopic (exact) mass is 397 g/mol. The number of hydrogen-bond acceptors (Lipinski definition) is 3. The minimum absolute atomic E-state index is 0.107. The maximum atomic E-state index is 13.2. The van der Waals surface area contributed by atoms with Crippen LogP contribution in [-0.2, 0) is 20.5 Å². The Bertz CT molecular complexity index is 867. The van der Waals surface area contributed by atoms with E-state index in [1.165, 1.54) is 16.4 Å². The lowest BCUT2D eigenvalue weighted by Crippen LogP contribution is -2.56. The van der Waals surface area contributed by atoms with Crippen molar-refractivity contribution in [3.8, 4) is 0 Å². The third-order valence-electron chi connectivity index (χ3n) is 4.48. The Morgan fingerprint density at radius 3 is 2.38 bits per heavy atom. The third kappa shape index (κ3) is 4.26. The molecule has 0 N–H and O–H groups in total. The van der Waals surface area contributed by atoms with Gasteiger partial charge >= 0.3 is 0 Å². The van der Waals surface area contributed by atoms with E-state index >= 15 is 0 Å². The second-order valence-electron chi connectivity index (χ2n) is 7.08. The number of morpholine rings is 1. The summed E-state index contributed by atoms with van der Waals surface area (Å²) in [5.74, 6) is -0.443. The summed E-state index contributed by atoms with van der Waals surface area (Å²) in [5, 5.41) is 0.564. The molecule has 3 rings (SSSR count). The van der Waals surface area contributed by atoms with E-state index in [0.717, 1.165) is 5.56 Å². The van der Waals surface area contributed by atoms with E-state index in [1.54, 1.807) is 36.4 Å². The van der Waals surface area contributed by atoms with Gasteiger partial charge in [-0.25, -0.2) is 12.8 Å². The second-order valence-corrected chi connectivity index (χ2v) is 9.41. The highest BCUT2D eigenvalue weighted by Crippen LogP contribution is 2.33. The van der Waals surface area contributed by atoms with Gasteiger partial charge in [0.1, 0.15) is 5.82 Å². The van der Waals surface area contributed by atoms with Gasteiger partial charge in [0.25, 0.3) is 0 Å². The number of sulfonamides is 1. The van der Waals surface area contributed by atoms with Gasteiger partial charge in [0, 0.05) is 11.6 Å². The Hall–Kier alpha value is -1.47. The Labute approximate surface area is 158 Å². The van der Waals surface area contributed by atoms with E-state index in [0.29, 0.717) is 10.6 Å². The molecule has 0 amide bonds. The zero-order valence-electron chi connectivity index (χ0n) is 14.7. The lowest BCUT2D eigenvalue weighted by molar-refractivity contribution is -0.0656. The number of rotatable bonds is 4. The highest BCUT2D eigenvalue weighted by molar-refractivity contribution is 7.88. The SMILES string of the molecule is CC1(C)COC(c2ccc(F)cc2)CN1S(=O)(=O)Cc1ccc(Cl)cc1. The van der Waals surface area contributed by atoms with Crippen molar-refractivity contribution in [3.05, 3.63) is 70.5 Å². The van der Waals surface area contributed by atoms with Crippen molar-refractivity contribution < 1.29 is 17.5 Å². The Morgan fingerprint density at radius 1 is 1.15 bits per heavy atom. The van der Waals surface area contributed by atoms with Gasteiger partial charge in [0.15, 0.2) is 0 Å². The second kappa shape index (κ2) is 7.27. The molecular weight excluding hydrogens is 377 g/mol. The molecule has 0 spiro atoms. The van der Waals surface area contributed by atoms with Crippen molar-refractivity contribution in [2.45, 2.75) is 31.2 Å². The van der Waals surface area contributed by atoms with Gasteiger partial charge in [0.2, 0.25) is 10.0 Å². The number of nitrogens with zero attached hydrogens (tertiary/aromatic N) is 1. The van der Waals surface area contributed by atoms with Gasteiger partial charge in [-0.1, -0.05) is 35.9 Å². The highest BCUT2D eigenvalue weighted by atomic mass is 35.5. The average molecular weight is 398 g/mol. The first-order chi connectivity index (χ1) is 12.2. The molecule has 0 aliphatic carbocycles. The van der Waals surface area contributed by atoms with E-state index in [-0.39, 0.29) is 24.7 Å². The summed E-state index contributed by atoms with van der Waals surface area (Å²) < 4.78 is 46.6. The average Bonchev–Trinajstić information content (AvgIpc) is 2.57. The molecule has 1 aliphatic rings. The number of ether oxygens (including phenoxy) is 1. The topological polar surface area (TPSA) is 46.6 Å². The van der Waals surface area contributed by atoms with Gasteiger partial charge in [-0.05, 0) is 49.2 Å². The zero-order valence-corrected chi connectivity index (χ0v) is 16.2. The fourth-order valence-electron chi connectivity index (χ4n) is 3.07. The van der Waals surface area contributed by atoms with Crippen molar-refractivity contribution >= 4 is 21.6 Å². The van der Waals surface area contributed by atoms with Crippen LogP contribution in [0.1, 0.15) is 31.1 Å². The van der Waals surface area contributed by atoms with Gasteiger partial charge in [-0.3, -0.25) is 0 Å². The van der Waals surface area contributed by atoms with Crippen LogP contribution in [0.3, 0.4) is 0 Å². The highest BCUT2D eigenvalue weighted by Gasteiger charge is 2.42. The summed E-state index contributed by atoms with van der Waals surface area (Å²) in [6.45, 7) is 4.13. The molecule has 0 radical (unpaired) electrons. The molecule has 2 aromatic rings. The smallest absolute Gasteiger partial charge is 0.218 e. The number of hydrogen-bond donors (Lipinski definition) is 0. The molecule has 0 aromatic heterocycles. The first kappa shape index (κ1) is 19.3. The van der Waals surface area contributed by atoms with Crippen LogP contribution in [-0.4, -0.2) is 31.4 Å². The Morgan fingerprint density at radius 2 is 1.77 bits per heavy atom. The molecule has 1 fully saturated rings. The van der Waals surface area contributed by atoms with Crippen LogP contribution in [0.2, 0.25) is 5.02 Å². The first-order valence-corrected chi connectivity index (χ1v) is 10.3. The van der Waals surface area contributed by atoms with Crippen LogP contribution in [0.5, 0.6) is 0 Å². The third-order valence-corrected chi connectivity index (χ3v) is 6.75. The molecule has 4 nitrogen and oxygen atoms in total. The fraction of sp³-hybridized carbons (Fsp3) is 0.368.